The molecule has 0 saturated carbocycles. The van der Waals surface area contributed by atoms with Gasteiger partial charge >= 0.3 is 0 Å². The van der Waals surface area contributed by atoms with Crippen LogP contribution in [0, 0.1) is 0 Å². The van der Waals surface area contributed by atoms with Crippen LogP contribution in [0.15, 0.2) is 0 Å². The molecule has 1 aliphatic rings. The van der Waals surface area contributed by atoms with Gasteiger partial charge in [0.25, 0.3) is 0 Å². The molecule has 0 unspecified atom stereocenters. The Morgan fingerprint density at radius 2 is 2.44 bits per heavy atom. The molecule has 16 heavy (non-hydrogen) atoms. The number of rotatable bonds is 3. The molecule has 0 aromatic carbocycles. The zero-order valence-electron chi connectivity index (χ0n) is 9.84. The second kappa shape index (κ2) is 4.65. The van der Waals surface area contributed by atoms with Crippen LogP contribution in [-0.4, -0.2) is 29.1 Å². The summed E-state index contributed by atoms with van der Waals surface area (Å²) < 4.78 is 2.06. The van der Waals surface area contributed by atoms with E-state index in [4.69, 9.17) is 0 Å². The molecule has 88 valence electrons. The van der Waals surface area contributed by atoms with Crippen LogP contribution >= 0.6 is 0 Å². The van der Waals surface area contributed by atoms with E-state index in [2.05, 4.69) is 27.1 Å². The van der Waals surface area contributed by atoms with E-state index in [0.717, 1.165) is 37.4 Å². The summed E-state index contributed by atoms with van der Waals surface area (Å²) in [5.74, 6) is 1.05. The first kappa shape index (κ1) is 11.1. The Labute approximate surface area is 95.2 Å². The lowest BCUT2D eigenvalue weighted by Gasteiger charge is -2.15. The zero-order valence-corrected chi connectivity index (χ0v) is 9.84. The lowest BCUT2D eigenvalue weighted by Crippen LogP contribution is -2.28. The first-order valence-corrected chi connectivity index (χ1v) is 5.74. The monoisotopic (exact) mass is 222 g/mol. The van der Waals surface area contributed by atoms with Crippen molar-refractivity contribution in [3.05, 3.63) is 17.2 Å². The predicted molar refractivity (Wildman–Crippen MR) is 61.1 cm³/mol. The van der Waals surface area contributed by atoms with E-state index in [-0.39, 0.29) is 5.91 Å². The maximum atomic E-state index is 11.5. The number of carbonyl (C=O) groups excluding carboxylic acids is 1. The zero-order chi connectivity index (χ0) is 11.5. The molecule has 1 amide bonds. The van der Waals surface area contributed by atoms with E-state index in [1.165, 1.54) is 5.69 Å². The molecule has 2 N–H and O–H groups in total. The number of hydrogen-bond donors (Lipinski definition) is 2. The van der Waals surface area contributed by atoms with Gasteiger partial charge < -0.3 is 15.2 Å². The standard InChI is InChI=1S/C11H18N4O/c1-3-10-14-8-6-13-5-4-9(8)15(10)7-11(16)12-2/h13H,3-7H2,1-2H3,(H,12,16). The lowest BCUT2D eigenvalue weighted by molar-refractivity contribution is -0.121. The third-order valence-electron chi connectivity index (χ3n) is 2.96. The highest BCUT2D eigenvalue weighted by molar-refractivity contribution is 5.75. The largest absolute Gasteiger partial charge is 0.358 e. The Morgan fingerprint density at radius 1 is 1.62 bits per heavy atom. The van der Waals surface area contributed by atoms with E-state index in [0.29, 0.717) is 6.54 Å². The van der Waals surface area contributed by atoms with Crippen LogP contribution in [0.3, 0.4) is 0 Å². The number of nitrogens with zero attached hydrogens (tertiary/aromatic N) is 2. The third-order valence-corrected chi connectivity index (χ3v) is 2.96. The van der Waals surface area contributed by atoms with Crippen molar-refractivity contribution >= 4 is 5.91 Å². The molecule has 1 aliphatic heterocycles. The summed E-state index contributed by atoms with van der Waals surface area (Å²) in [6.45, 7) is 4.25. The Kier molecular flexibility index (Phi) is 3.24. The summed E-state index contributed by atoms with van der Waals surface area (Å²) >= 11 is 0. The van der Waals surface area contributed by atoms with Gasteiger partial charge in [0.1, 0.15) is 12.4 Å². The van der Waals surface area contributed by atoms with Crippen LogP contribution in [-0.2, 0) is 30.7 Å². The smallest absolute Gasteiger partial charge is 0.239 e. The van der Waals surface area contributed by atoms with Crippen molar-refractivity contribution in [1.29, 1.82) is 0 Å². The summed E-state index contributed by atoms with van der Waals surface area (Å²) in [6.07, 6.45) is 1.82. The lowest BCUT2D eigenvalue weighted by atomic mass is 10.2. The van der Waals surface area contributed by atoms with Gasteiger partial charge in [-0.2, -0.15) is 0 Å². The SMILES string of the molecule is CCc1nc2c(n1CC(=O)NC)CCNC2. The number of imidazole rings is 1. The fraction of sp³-hybridized carbons (Fsp3) is 0.636. The van der Waals surface area contributed by atoms with Crippen LogP contribution in [0.1, 0.15) is 24.1 Å². The minimum atomic E-state index is 0.0356. The van der Waals surface area contributed by atoms with Crippen LogP contribution in [0.2, 0.25) is 0 Å². The first-order chi connectivity index (χ1) is 7.76. The molecular formula is C11H18N4O. The molecule has 0 spiro atoms. The Bertz CT molecular complexity index is 397. The van der Waals surface area contributed by atoms with Crippen molar-refractivity contribution in [2.24, 2.45) is 0 Å². The fourth-order valence-electron chi connectivity index (χ4n) is 2.11. The van der Waals surface area contributed by atoms with Crippen LogP contribution < -0.4 is 10.6 Å². The average molecular weight is 222 g/mol. The minimum Gasteiger partial charge on any atom is -0.358 e. The Balaban J connectivity index is 2.33. The van der Waals surface area contributed by atoms with Crippen molar-refractivity contribution in [3.63, 3.8) is 0 Å². The van der Waals surface area contributed by atoms with Gasteiger partial charge in [0, 0.05) is 38.7 Å². The second-order valence-corrected chi connectivity index (χ2v) is 3.96. The van der Waals surface area contributed by atoms with Gasteiger partial charge in [-0.05, 0) is 0 Å². The number of carbonyl (C=O) groups is 1. The highest BCUT2D eigenvalue weighted by Crippen LogP contribution is 2.16. The molecule has 2 heterocycles. The number of likely N-dealkylation sites (N-methyl/N-ethyl adjacent to an activating group) is 1. The highest BCUT2D eigenvalue weighted by atomic mass is 16.1. The number of nitrogens with one attached hydrogen (secondary N) is 2. The van der Waals surface area contributed by atoms with E-state index in [9.17, 15) is 4.79 Å². The molecule has 0 radical (unpaired) electrons. The van der Waals surface area contributed by atoms with Crippen molar-refractivity contribution in [1.82, 2.24) is 20.2 Å². The van der Waals surface area contributed by atoms with Gasteiger partial charge in [-0.25, -0.2) is 4.98 Å². The summed E-state index contributed by atoms with van der Waals surface area (Å²) in [6, 6.07) is 0. The van der Waals surface area contributed by atoms with E-state index in [1.54, 1.807) is 7.05 Å². The summed E-state index contributed by atoms with van der Waals surface area (Å²) in [7, 11) is 1.67. The number of fused-ring (bicyclic) bond motifs is 1. The molecule has 5 nitrogen and oxygen atoms in total. The molecule has 0 fully saturated rings. The van der Waals surface area contributed by atoms with Crippen LogP contribution in [0.4, 0.5) is 0 Å². The molecule has 0 atom stereocenters. The third kappa shape index (κ3) is 1.95. The number of aromatic nitrogens is 2. The minimum absolute atomic E-state index is 0.0356. The average Bonchev–Trinajstić information content (AvgIpc) is 2.67. The van der Waals surface area contributed by atoms with Gasteiger partial charge in [0.2, 0.25) is 5.91 Å². The topological polar surface area (TPSA) is 59.0 Å². The molecule has 2 rings (SSSR count). The van der Waals surface area contributed by atoms with Gasteiger partial charge in [0.15, 0.2) is 0 Å². The maximum Gasteiger partial charge on any atom is 0.239 e. The summed E-state index contributed by atoms with van der Waals surface area (Å²) in [5.41, 5.74) is 2.33. The van der Waals surface area contributed by atoms with E-state index < -0.39 is 0 Å². The first-order valence-electron chi connectivity index (χ1n) is 5.74. The summed E-state index contributed by atoms with van der Waals surface area (Å²) in [5, 5.41) is 5.95. The highest BCUT2D eigenvalue weighted by Gasteiger charge is 2.19. The van der Waals surface area contributed by atoms with Gasteiger partial charge in [-0.3, -0.25) is 4.79 Å². The predicted octanol–water partition coefficient (Wildman–Crippen LogP) is -0.163. The van der Waals surface area contributed by atoms with Gasteiger partial charge in [-0.15, -0.1) is 0 Å². The Hall–Kier alpha value is -1.36. The van der Waals surface area contributed by atoms with Crippen LogP contribution in [0.5, 0.6) is 0 Å². The summed E-state index contributed by atoms with van der Waals surface area (Å²) in [4.78, 5) is 16.0. The molecular weight excluding hydrogens is 204 g/mol. The van der Waals surface area contributed by atoms with Crippen LogP contribution in [0.25, 0.3) is 0 Å². The van der Waals surface area contributed by atoms with Crippen molar-refractivity contribution in [3.8, 4) is 0 Å². The van der Waals surface area contributed by atoms with E-state index >= 15 is 0 Å². The number of hydrogen-bond acceptors (Lipinski definition) is 3. The number of aryl methyl sites for hydroxylation is 1. The normalized spacial score (nSPS) is 14.6. The van der Waals surface area contributed by atoms with Gasteiger partial charge in [0.05, 0.1) is 5.69 Å². The molecule has 1 aromatic rings. The molecule has 0 aliphatic carbocycles. The molecule has 0 bridgehead atoms. The van der Waals surface area contributed by atoms with Crippen molar-refractivity contribution < 1.29 is 4.79 Å². The van der Waals surface area contributed by atoms with Crippen molar-refractivity contribution in [2.75, 3.05) is 13.6 Å². The second-order valence-electron chi connectivity index (χ2n) is 3.96. The van der Waals surface area contributed by atoms with E-state index in [1.807, 2.05) is 0 Å². The molecule has 0 saturated heterocycles. The molecule has 5 heteroatoms. The quantitative estimate of drug-likeness (QED) is 0.747. The van der Waals surface area contributed by atoms with Gasteiger partial charge in [-0.1, -0.05) is 6.92 Å². The maximum absolute atomic E-state index is 11.5. The Morgan fingerprint density at radius 3 is 3.12 bits per heavy atom. The molecule has 1 aromatic heterocycles. The fourth-order valence-corrected chi connectivity index (χ4v) is 2.11. The number of amides is 1. The van der Waals surface area contributed by atoms with Crippen molar-refractivity contribution in [2.45, 2.75) is 32.9 Å².